The minimum Gasteiger partial charge on any atom is -0.383 e. The smallest absolute Gasteiger partial charge is 0.319 e. The number of benzene rings is 2. The van der Waals surface area contributed by atoms with E-state index in [-0.39, 0.29) is 5.91 Å². The first-order chi connectivity index (χ1) is 15.5. The Morgan fingerprint density at radius 2 is 1.72 bits per heavy atom. The number of anilines is 3. The number of urea groups is 1. The first-order valence-electron chi connectivity index (χ1n) is 11.1. The zero-order valence-corrected chi connectivity index (χ0v) is 19.0. The van der Waals surface area contributed by atoms with Crippen LogP contribution in [0.15, 0.2) is 48.5 Å². The van der Waals surface area contributed by atoms with Gasteiger partial charge < -0.3 is 25.2 Å². The SMILES string of the molecule is COC[C@@H]1CCCN1c1ccc(N2CCC[C@@H](NC(=O)Nc3ccc(Cl)cc3)C2=O)cc1. The lowest BCUT2D eigenvalue weighted by atomic mass is 10.0. The highest BCUT2D eigenvalue weighted by atomic mass is 35.5. The second kappa shape index (κ2) is 10.2. The number of hydrogen-bond donors (Lipinski definition) is 2. The van der Waals surface area contributed by atoms with Gasteiger partial charge in [-0.25, -0.2) is 4.79 Å². The van der Waals surface area contributed by atoms with Gasteiger partial charge in [0.05, 0.1) is 12.6 Å². The Bertz CT molecular complexity index is 935. The maximum atomic E-state index is 13.1. The minimum absolute atomic E-state index is 0.0892. The van der Waals surface area contributed by atoms with E-state index < -0.39 is 12.1 Å². The molecule has 2 N–H and O–H groups in total. The Morgan fingerprint density at radius 1 is 1.03 bits per heavy atom. The second-order valence-corrected chi connectivity index (χ2v) is 8.69. The summed E-state index contributed by atoms with van der Waals surface area (Å²) in [7, 11) is 1.74. The Labute approximate surface area is 193 Å². The topological polar surface area (TPSA) is 73.9 Å². The highest BCUT2D eigenvalue weighted by molar-refractivity contribution is 6.30. The van der Waals surface area contributed by atoms with Gasteiger partial charge in [-0.05, 0) is 74.2 Å². The van der Waals surface area contributed by atoms with Crippen molar-refractivity contribution < 1.29 is 14.3 Å². The van der Waals surface area contributed by atoms with Crippen molar-refractivity contribution in [2.45, 2.75) is 37.8 Å². The van der Waals surface area contributed by atoms with Gasteiger partial charge in [0.2, 0.25) is 5.91 Å². The monoisotopic (exact) mass is 456 g/mol. The number of rotatable bonds is 6. The summed E-state index contributed by atoms with van der Waals surface area (Å²) in [6.45, 7) is 2.38. The van der Waals surface area contributed by atoms with Crippen molar-refractivity contribution in [1.82, 2.24) is 5.32 Å². The summed E-state index contributed by atoms with van der Waals surface area (Å²) < 4.78 is 5.36. The van der Waals surface area contributed by atoms with E-state index >= 15 is 0 Å². The molecule has 2 saturated heterocycles. The molecule has 0 spiro atoms. The molecule has 2 heterocycles. The van der Waals surface area contributed by atoms with Crippen molar-refractivity contribution >= 4 is 40.6 Å². The number of ether oxygens (including phenoxy) is 1. The van der Waals surface area contributed by atoms with Crippen LogP contribution in [0.5, 0.6) is 0 Å². The molecule has 0 aromatic heterocycles. The predicted molar refractivity (Wildman–Crippen MR) is 128 cm³/mol. The van der Waals surface area contributed by atoms with Gasteiger partial charge in [-0.15, -0.1) is 0 Å². The maximum absolute atomic E-state index is 13.1. The van der Waals surface area contributed by atoms with Crippen molar-refractivity contribution in [1.29, 1.82) is 0 Å². The van der Waals surface area contributed by atoms with Gasteiger partial charge in [-0.1, -0.05) is 11.6 Å². The normalized spacial score (nSPS) is 21.0. The summed E-state index contributed by atoms with van der Waals surface area (Å²) >= 11 is 5.88. The van der Waals surface area contributed by atoms with E-state index in [1.54, 1.807) is 36.3 Å². The molecule has 0 bridgehead atoms. The lowest BCUT2D eigenvalue weighted by Crippen LogP contribution is -2.53. The van der Waals surface area contributed by atoms with Crippen LogP contribution in [-0.4, -0.2) is 50.8 Å². The van der Waals surface area contributed by atoms with Crippen LogP contribution in [0.4, 0.5) is 21.9 Å². The standard InChI is InChI=1S/C24H29ClN4O3/c1-32-16-21-4-2-14-28(21)19-10-12-20(13-11-19)29-15-3-5-22(23(29)30)27-24(31)26-18-8-6-17(25)7-9-18/h6-13,21-22H,2-5,14-16H2,1H3,(H2,26,27,31)/t21-,22+/m0/s1. The summed E-state index contributed by atoms with van der Waals surface area (Å²) in [6, 6.07) is 14.4. The highest BCUT2D eigenvalue weighted by Crippen LogP contribution is 2.29. The number of methoxy groups -OCH3 is 1. The van der Waals surface area contributed by atoms with E-state index in [0.29, 0.717) is 29.7 Å². The fourth-order valence-electron chi connectivity index (χ4n) is 4.49. The van der Waals surface area contributed by atoms with Crippen LogP contribution in [0.2, 0.25) is 5.02 Å². The summed E-state index contributed by atoms with van der Waals surface area (Å²) in [6.07, 6.45) is 3.73. The number of amides is 3. The van der Waals surface area contributed by atoms with E-state index in [2.05, 4.69) is 27.7 Å². The average Bonchev–Trinajstić information content (AvgIpc) is 3.25. The first kappa shape index (κ1) is 22.4. The molecule has 2 aliphatic rings. The van der Waals surface area contributed by atoms with Crippen molar-refractivity contribution in [2.75, 3.05) is 41.9 Å². The summed E-state index contributed by atoms with van der Waals surface area (Å²) in [5.41, 5.74) is 2.62. The molecule has 2 aromatic rings. The number of carbonyl (C=O) groups excluding carboxylic acids is 2. The number of nitrogens with zero attached hydrogens (tertiary/aromatic N) is 2. The third-order valence-electron chi connectivity index (χ3n) is 6.08. The minimum atomic E-state index is -0.555. The van der Waals surface area contributed by atoms with Crippen LogP contribution < -0.4 is 20.4 Å². The van der Waals surface area contributed by atoms with Gasteiger partial charge in [0.15, 0.2) is 0 Å². The van der Waals surface area contributed by atoms with Crippen molar-refractivity contribution in [3.05, 3.63) is 53.6 Å². The Morgan fingerprint density at radius 3 is 2.44 bits per heavy atom. The van der Waals surface area contributed by atoms with Crippen LogP contribution in [0.1, 0.15) is 25.7 Å². The molecule has 7 nitrogen and oxygen atoms in total. The Balaban J connectivity index is 1.38. The summed E-state index contributed by atoms with van der Waals surface area (Å²) in [5.74, 6) is -0.0892. The van der Waals surface area contributed by atoms with Crippen LogP contribution in [0.3, 0.4) is 0 Å². The molecule has 8 heteroatoms. The molecule has 2 aromatic carbocycles. The molecular formula is C24H29ClN4O3. The predicted octanol–water partition coefficient (Wildman–Crippen LogP) is 4.27. The van der Waals surface area contributed by atoms with Crippen molar-refractivity contribution in [3.8, 4) is 0 Å². The van der Waals surface area contributed by atoms with Gasteiger partial charge in [-0.2, -0.15) is 0 Å². The van der Waals surface area contributed by atoms with E-state index in [4.69, 9.17) is 16.3 Å². The second-order valence-electron chi connectivity index (χ2n) is 8.25. The van der Waals surface area contributed by atoms with Gasteiger partial charge in [-0.3, -0.25) is 4.79 Å². The molecular weight excluding hydrogens is 428 g/mol. The molecule has 0 saturated carbocycles. The van der Waals surface area contributed by atoms with Crippen molar-refractivity contribution in [2.24, 2.45) is 0 Å². The van der Waals surface area contributed by atoms with E-state index in [9.17, 15) is 9.59 Å². The molecule has 0 radical (unpaired) electrons. The van der Waals surface area contributed by atoms with E-state index in [1.807, 2.05) is 12.1 Å². The van der Waals surface area contributed by atoms with Crippen LogP contribution in [0.25, 0.3) is 0 Å². The fraction of sp³-hybridized carbons (Fsp3) is 0.417. The van der Waals surface area contributed by atoms with E-state index in [1.165, 1.54) is 0 Å². The maximum Gasteiger partial charge on any atom is 0.319 e. The van der Waals surface area contributed by atoms with Gasteiger partial charge in [0.25, 0.3) is 0 Å². The first-order valence-corrected chi connectivity index (χ1v) is 11.4. The number of nitrogens with one attached hydrogen (secondary N) is 2. The number of hydrogen-bond acceptors (Lipinski definition) is 4. The molecule has 32 heavy (non-hydrogen) atoms. The quantitative estimate of drug-likeness (QED) is 0.680. The molecule has 170 valence electrons. The van der Waals surface area contributed by atoms with Gasteiger partial charge in [0, 0.05) is 42.3 Å². The average molecular weight is 457 g/mol. The molecule has 4 rings (SSSR count). The molecule has 0 aliphatic carbocycles. The third kappa shape index (κ3) is 5.16. The number of carbonyl (C=O) groups is 2. The van der Waals surface area contributed by atoms with Crippen LogP contribution in [-0.2, 0) is 9.53 Å². The zero-order chi connectivity index (χ0) is 22.5. The molecule has 2 fully saturated rings. The number of halogens is 1. The molecule has 2 aliphatic heterocycles. The number of piperidine rings is 1. The van der Waals surface area contributed by atoms with E-state index in [0.717, 1.165) is 43.8 Å². The highest BCUT2D eigenvalue weighted by Gasteiger charge is 2.31. The molecule has 0 unspecified atom stereocenters. The molecule has 3 amide bonds. The zero-order valence-electron chi connectivity index (χ0n) is 18.2. The van der Waals surface area contributed by atoms with Gasteiger partial charge in [0.1, 0.15) is 6.04 Å². The Kier molecular flexibility index (Phi) is 7.17. The lowest BCUT2D eigenvalue weighted by Gasteiger charge is -2.33. The third-order valence-corrected chi connectivity index (χ3v) is 6.33. The lowest BCUT2D eigenvalue weighted by molar-refractivity contribution is -0.121. The molecule has 2 atom stereocenters. The van der Waals surface area contributed by atoms with Crippen molar-refractivity contribution in [3.63, 3.8) is 0 Å². The summed E-state index contributed by atoms with van der Waals surface area (Å²) in [5, 5.41) is 6.16. The summed E-state index contributed by atoms with van der Waals surface area (Å²) in [4.78, 5) is 29.6. The van der Waals surface area contributed by atoms with Crippen LogP contribution >= 0.6 is 11.6 Å². The Hall–Kier alpha value is -2.77. The van der Waals surface area contributed by atoms with Crippen LogP contribution in [0, 0.1) is 0 Å². The van der Waals surface area contributed by atoms with Gasteiger partial charge >= 0.3 is 6.03 Å². The fourth-order valence-corrected chi connectivity index (χ4v) is 4.62. The largest absolute Gasteiger partial charge is 0.383 e.